The molecule has 0 aliphatic heterocycles. The number of benzene rings is 4. The fourth-order valence-corrected chi connectivity index (χ4v) is 8.18. The number of ketones is 2. The minimum absolute atomic E-state index is 0.00593. The topological polar surface area (TPSA) is 105 Å². The second-order valence-corrected chi connectivity index (χ2v) is 22.3. The third-order valence-corrected chi connectivity index (χ3v) is 12.6. The fourth-order valence-electron chi connectivity index (χ4n) is 7.36. The summed E-state index contributed by atoms with van der Waals surface area (Å²) in [6.45, 7) is 26.3. The smallest absolute Gasteiger partial charge is 0.350 e. The molecule has 0 bridgehead atoms. The first-order valence-corrected chi connectivity index (χ1v) is 26.0. The van der Waals surface area contributed by atoms with Crippen molar-refractivity contribution >= 4 is 59.2 Å². The molecule has 68 heavy (non-hydrogen) atoms. The molecule has 0 saturated heterocycles. The molecule has 10 heteroatoms. The molecule has 0 aliphatic carbocycles. The molecule has 4 aromatic rings. The van der Waals surface area contributed by atoms with E-state index in [2.05, 4.69) is 26.8 Å². The van der Waals surface area contributed by atoms with E-state index in [-0.39, 0.29) is 23.4 Å². The summed E-state index contributed by atoms with van der Waals surface area (Å²) in [4.78, 5) is 56.0. The van der Waals surface area contributed by atoms with Gasteiger partial charge in [-0.25, -0.2) is 9.59 Å². The van der Waals surface area contributed by atoms with E-state index in [1.165, 1.54) is 0 Å². The van der Waals surface area contributed by atoms with Crippen LogP contribution in [0.3, 0.4) is 0 Å². The van der Waals surface area contributed by atoms with Crippen molar-refractivity contribution in [1.29, 1.82) is 0 Å². The number of hydrogen-bond acceptors (Lipinski definition) is 10. The predicted octanol–water partition coefficient (Wildman–Crippen LogP) is 14.7. The van der Waals surface area contributed by atoms with Gasteiger partial charge in [0, 0.05) is 20.9 Å². The zero-order chi connectivity index (χ0) is 50.8. The number of esters is 2. The minimum Gasteiger partial charge on any atom is -0.476 e. The van der Waals surface area contributed by atoms with Gasteiger partial charge in [0.25, 0.3) is 0 Å². The molecule has 8 nitrogen and oxygen atoms in total. The van der Waals surface area contributed by atoms with Gasteiger partial charge in [-0.05, 0) is 238 Å². The quantitative estimate of drug-likeness (QED) is 0.0347. The van der Waals surface area contributed by atoms with Crippen molar-refractivity contribution in [2.75, 3.05) is 12.5 Å². The van der Waals surface area contributed by atoms with Crippen molar-refractivity contribution < 1.29 is 38.1 Å². The zero-order valence-corrected chi connectivity index (χ0v) is 44.9. The van der Waals surface area contributed by atoms with Gasteiger partial charge in [0.15, 0.2) is 22.8 Å². The van der Waals surface area contributed by atoms with Crippen LogP contribution in [0, 0.1) is 0 Å². The van der Waals surface area contributed by atoms with Crippen molar-refractivity contribution in [3.63, 3.8) is 0 Å². The average molecular weight is 963 g/mol. The number of thioether (sulfide) groups is 2. The third-order valence-electron chi connectivity index (χ3n) is 11.1. The van der Waals surface area contributed by atoms with Crippen LogP contribution in [0.1, 0.15) is 176 Å². The van der Waals surface area contributed by atoms with Crippen LogP contribution in [-0.2, 0) is 31.9 Å². The molecule has 4 rings (SSSR count). The summed E-state index contributed by atoms with van der Waals surface area (Å²) in [5.74, 6) is 0.0253. The monoisotopic (exact) mass is 962 g/mol. The summed E-state index contributed by atoms with van der Waals surface area (Å²) < 4.78 is 25.1. The molecule has 0 aromatic heterocycles. The van der Waals surface area contributed by atoms with E-state index in [0.29, 0.717) is 48.3 Å². The lowest BCUT2D eigenvalue weighted by molar-refractivity contribution is -0.171. The molecule has 0 saturated carbocycles. The molecular weight excluding hydrogens is 889 g/mol. The Labute approximate surface area is 415 Å². The molecule has 0 radical (unpaired) electrons. The normalized spacial score (nSPS) is 13.0. The van der Waals surface area contributed by atoms with Gasteiger partial charge in [-0.3, -0.25) is 9.59 Å². The van der Waals surface area contributed by atoms with Crippen molar-refractivity contribution in [1.82, 2.24) is 0 Å². The minimum atomic E-state index is -1.32. The average Bonchev–Trinajstić information content (AvgIpc) is 3.26. The SMILES string of the molecule is CCc1cc(/C=C/C(=O)c2ccc(SC)cc2)cc(CCCC(C)c2cc(/C=C/C(=O)c3ccc(SC)cc3)cc(C(C)C)c2OC(C)(C)C(=O)OC(C)(C)C)c1OC(C)(C)C(=O)OC(C)(C)C. The number of carbonyl (C=O) groups excluding carboxylic acids is 4. The van der Waals surface area contributed by atoms with Gasteiger partial charge in [-0.1, -0.05) is 39.8 Å². The maximum absolute atomic E-state index is 13.6. The standard InChI is InChI=1S/C58H74O8S2/c1-17-41-33-39(21-31-49(59)42-23-27-45(67-15)28-24-42)34-44(51(41)63-57(11,12)53(61)65-55(5,6)7)20-18-19-38(4)48-36-40(22-32-50(60)43-25-29-46(68-16)30-26-43)35-47(37(2)3)52(48)64-58(13,14)54(62)66-56(8,9)10/h21-38H,17-20H2,1-16H3/b31-21+,32-22+. The Morgan fingerprint density at radius 3 is 1.40 bits per heavy atom. The lowest BCUT2D eigenvalue weighted by Crippen LogP contribution is -2.43. The van der Waals surface area contributed by atoms with Gasteiger partial charge in [-0.2, -0.15) is 0 Å². The highest BCUT2D eigenvalue weighted by molar-refractivity contribution is 7.98. The Balaban J connectivity index is 1.78. The molecule has 0 spiro atoms. The van der Waals surface area contributed by atoms with E-state index in [9.17, 15) is 19.2 Å². The number of allylic oxidation sites excluding steroid dienone is 2. The highest BCUT2D eigenvalue weighted by Crippen LogP contribution is 2.41. The van der Waals surface area contributed by atoms with Gasteiger partial charge in [-0.15, -0.1) is 23.5 Å². The van der Waals surface area contributed by atoms with Crippen molar-refractivity contribution in [2.45, 2.75) is 167 Å². The molecule has 0 fully saturated rings. The number of rotatable bonds is 21. The van der Waals surface area contributed by atoms with Crippen LogP contribution in [0.4, 0.5) is 0 Å². The number of hydrogen-bond donors (Lipinski definition) is 0. The van der Waals surface area contributed by atoms with Gasteiger partial charge in [0.2, 0.25) is 0 Å². The number of carbonyl (C=O) groups is 4. The van der Waals surface area contributed by atoms with Crippen LogP contribution in [0.5, 0.6) is 11.5 Å². The molecule has 0 heterocycles. The molecule has 4 aromatic carbocycles. The molecule has 1 atom stereocenters. The molecule has 366 valence electrons. The maximum atomic E-state index is 13.6. The van der Waals surface area contributed by atoms with Crippen molar-refractivity contribution in [2.24, 2.45) is 0 Å². The molecule has 0 aliphatic rings. The Kier molecular flexibility index (Phi) is 19.2. The van der Waals surface area contributed by atoms with E-state index in [1.54, 1.807) is 63.4 Å². The van der Waals surface area contributed by atoms with E-state index >= 15 is 0 Å². The van der Waals surface area contributed by atoms with Crippen LogP contribution in [0.25, 0.3) is 12.2 Å². The van der Waals surface area contributed by atoms with Crippen LogP contribution in [-0.4, -0.2) is 58.4 Å². The maximum Gasteiger partial charge on any atom is 0.350 e. The Bertz CT molecular complexity index is 2460. The van der Waals surface area contributed by atoms with Crippen LogP contribution in [0.2, 0.25) is 0 Å². The summed E-state index contributed by atoms with van der Waals surface area (Å²) in [6, 6.07) is 23.3. The highest BCUT2D eigenvalue weighted by Gasteiger charge is 2.38. The van der Waals surface area contributed by atoms with Crippen LogP contribution in [0.15, 0.2) is 94.7 Å². The summed E-state index contributed by atoms with van der Waals surface area (Å²) in [7, 11) is 0. The summed E-state index contributed by atoms with van der Waals surface area (Å²) in [5, 5.41) is 0. The molecule has 0 N–H and O–H groups in total. The Morgan fingerprint density at radius 2 is 0.985 bits per heavy atom. The van der Waals surface area contributed by atoms with E-state index in [1.807, 2.05) is 140 Å². The summed E-state index contributed by atoms with van der Waals surface area (Å²) >= 11 is 3.25. The second kappa shape index (κ2) is 23.5. The summed E-state index contributed by atoms with van der Waals surface area (Å²) in [5.41, 5.74) is 2.47. The largest absolute Gasteiger partial charge is 0.476 e. The van der Waals surface area contributed by atoms with Gasteiger partial charge in [0.1, 0.15) is 22.7 Å². The van der Waals surface area contributed by atoms with Crippen LogP contribution < -0.4 is 9.47 Å². The Morgan fingerprint density at radius 1 is 0.574 bits per heavy atom. The summed E-state index contributed by atoms with van der Waals surface area (Å²) in [6.07, 6.45) is 13.5. The van der Waals surface area contributed by atoms with E-state index < -0.39 is 34.3 Å². The van der Waals surface area contributed by atoms with Gasteiger partial charge < -0.3 is 18.9 Å². The molecular formula is C58H74O8S2. The lowest BCUT2D eigenvalue weighted by Gasteiger charge is -2.32. The van der Waals surface area contributed by atoms with Gasteiger partial charge in [0.05, 0.1) is 0 Å². The number of aryl methyl sites for hydroxylation is 2. The lowest BCUT2D eigenvalue weighted by atomic mass is 9.87. The Hall–Kier alpha value is -5.06. The first kappa shape index (κ1) is 55.5. The number of ether oxygens (including phenoxy) is 4. The first-order valence-electron chi connectivity index (χ1n) is 23.6. The molecule has 0 amide bonds. The van der Waals surface area contributed by atoms with Crippen molar-refractivity contribution in [3.8, 4) is 11.5 Å². The zero-order valence-electron chi connectivity index (χ0n) is 43.3. The first-order chi connectivity index (χ1) is 31.7. The third kappa shape index (κ3) is 16.0. The van der Waals surface area contributed by atoms with E-state index in [4.69, 9.17) is 18.9 Å². The van der Waals surface area contributed by atoms with Gasteiger partial charge >= 0.3 is 11.9 Å². The second-order valence-electron chi connectivity index (χ2n) is 20.6. The molecule has 1 unspecified atom stereocenters. The fraction of sp³-hybridized carbons (Fsp3) is 0.448. The van der Waals surface area contributed by atoms with Crippen molar-refractivity contribution in [3.05, 3.63) is 129 Å². The van der Waals surface area contributed by atoms with Crippen LogP contribution >= 0.6 is 23.5 Å². The highest BCUT2D eigenvalue weighted by atomic mass is 32.2. The predicted molar refractivity (Wildman–Crippen MR) is 282 cm³/mol. The van der Waals surface area contributed by atoms with E-state index in [0.717, 1.165) is 43.2 Å².